The molecule has 3 rings (SSSR count). The van der Waals surface area contributed by atoms with E-state index in [0.29, 0.717) is 11.4 Å². The maximum absolute atomic E-state index is 12.4. The van der Waals surface area contributed by atoms with Crippen molar-refractivity contribution in [3.8, 4) is 0 Å². The number of carbonyl (C=O) groups is 1. The van der Waals surface area contributed by atoms with Crippen LogP contribution in [0.3, 0.4) is 0 Å². The molecule has 1 aromatic carbocycles. The van der Waals surface area contributed by atoms with Gasteiger partial charge in [0.05, 0.1) is 5.52 Å². The zero-order valence-electron chi connectivity index (χ0n) is 12.3. The van der Waals surface area contributed by atoms with E-state index in [1.807, 2.05) is 30.5 Å². The van der Waals surface area contributed by atoms with Gasteiger partial charge in [-0.3, -0.25) is 4.79 Å². The Hall–Kier alpha value is -2.10. The van der Waals surface area contributed by atoms with Gasteiger partial charge < -0.3 is 9.67 Å². The molecular weight excluding hydrogens is 266 g/mol. The quantitative estimate of drug-likeness (QED) is 0.919. The largest absolute Gasteiger partial charge is 0.477 e. The average Bonchev–Trinajstić information content (AvgIpc) is 2.93. The average molecular weight is 285 g/mol. The first-order valence-corrected chi connectivity index (χ1v) is 7.38. The summed E-state index contributed by atoms with van der Waals surface area (Å²) in [7, 11) is 0. The maximum Gasteiger partial charge on any atom is 0.341 e. The molecule has 4 heteroatoms. The van der Waals surface area contributed by atoms with Gasteiger partial charge in [-0.25, -0.2) is 4.79 Å². The van der Waals surface area contributed by atoms with E-state index in [1.54, 1.807) is 6.20 Å². The fourth-order valence-corrected chi connectivity index (χ4v) is 3.51. The summed E-state index contributed by atoms with van der Waals surface area (Å²) in [6, 6.07) is 4.16. The lowest BCUT2D eigenvalue weighted by Crippen LogP contribution is -2.21. The van der Waals surface area contributed by atoms with Crippen LogP contribution in [0, 0.1) is 13.8 Å². The van der Waals surface area contributed by atoms with Crippen LogP contribution in [-0.2, 0) is 0 Å². The summed E-state index contributed by atoms with van der Waals surface area (Å²) >= 11 is 0. The third-order valence-corrected chi connectivity index (χ3v) is 4.41. The molecule has 0 amide bonds. The topological polar surface area (TPSA) is 59.3 Å². The minimum absolute atomic E-state index is 0.126. The number of hydrogen-bond acceptors (Lipinski definition) is 2. The predicted molar refractivity (Wildman–Crippen MR) is 82.1 cm³/mol. The number of pyridine rings is 1. The van der Waals surface area contributed by atoms with Crippen molar-refractivity contribution >= 4 is 16.9 Å². The van der Waals surface area contributed by atoms with Gasteiger partial charge in [-0.2, -0.15) is 0 Å². The minimum Gasteiger partial charge on any atom is -0.477 e. The van der Waals surface area contributed by atoms with Crippen molar-refractivity contribution < 1.29 is 9.90 Å². The third-order valence-electron chi connectivity index (χ3n) is 4.41. The van der Waals surface area contributed by atoms with E-state index in [-0.39, 0.29) is 11.0 Å². The van der Waals surface area contributed by atoms with Crippen molar-refractivity contribution in [1.29, 1.82) is 0 Å². The highest BCUT2D eigenvalue weighted by molar-refractivity contribution is 5.93. The highest BCUT2D eigenvalue weighted by atomic mass is 16.4. The zero-order chi connectivity index (χ0) is 15.1. The van der Waals surface area contributed by atoms with Gasteiger partial charge in [-0.05, 0) is 43.9 Å². The molecule has 1 N–H and O–H groups in total. The Bertz CT molecular complexity index is 783. The molecule has 21 heavy (non-hydrogen) atoms. The minimum atomic E-state index is -1.15. The molecule has 2 aromatic rings. The van der Waals surface area contributed by atoms with Crippen LogP contribution in [0.1, 0.15) is 53.2 Å². The smallest absolute Gasteiger partial charge is 0.341 e. The van der Waals surface area contributed by atoms with Gasteiger partial charge in [0.1, 0.15) is 5.56 Å². The van der Waals surface area contributed by atoms with Crippen molar-refractivity contribution in [3.05, 3.63) is 45.2 Å². The lowest BCUT2D eigenvalue weighted by molar-refractivity contribution is 0.0694. The summed E-state index contributed by atoms with van der Waals surface area (Å²) in [5, 5.41) is 9.84. The summed E-state index contributed by atoms with van der Waals surface area (Å²) < 4.78 is 2.03. The Kier molecular flexibility index (Phi) is 3.32. The summed E-state index contributed by atoms with van der Waals surface area (Å²) in [6.45, 7) is 3.92. The number of aromatic carboxylic acids is 1. The molecule has 0 spiro atoms. The Morgan fingerprint density at radius 1 is 1.24 bits per heavy atom. The van der Waals surface area contributed by atoms with Gasteiger partial charge in [-0.15, -0.1) is 0 Å². The first kappa shape index (κ1) is 13.9. The summed E-state index contributed by atoms with van der Waals surface area (Å²) in [4.78, 5) is 23.8. The van der Waals surface area contributed by atoms with Gasteiger partial charge in [0, 0.05) is 17.6 Å². The molecule has 0 radical (unpaired) electrons. The number of aromatic nitrogens is 1. The van der Waals surface area contributed by atoms with Crippen LogP contribution in [0.15, 0.2) is 23.1 Å². The van der Waals surface area contributed by atoms with E-state index in [9.17, 15) is 14.7 Å². The second kappa shape index (κ2) is 5.02. The van der Waals surface area contributed by atoms with Gasteiger partial charge in [0.2, 0.25) is 5.43 Å². The Balaban J connectivity index is 2.42. The lowest BCUT2D eigenvalue weighted by atomic mass is 10.0. The summed E-state index contributed by atoms with van der Waals surface area (Å²) in [5.41, 5.74) is 2.41. The highest BCUT2D eigenvalue weighted by Crippen LogP contribution is 2.33. The number of carboxylic acid groups (broad SMARTS) is 1. The molecule has 1 aliphatic carbocycles. The molecule has 1 aliphatic rings. The predicted octanol–water partition coefficient (Wildman–Crippen LogP) is 3.43. The molecule has 0 saturated heterocycles. The molecule has 110 valence electrons. The van der Waals surface area contributed by atoms with Crippen LogP contribution < -0.4 is 5.43 Å². The zero-order valence-corrected chi connectivity index (χ0v) is 12.3. The molecule has 0 unspecified atom stereocenters. The van der Waals surface area contributed by atoms with E-state index in [4.69, 9.17) is 0 Å². The third kappa shape index (κ3) is 2.24. The highest BCUT2D eigenvalue weighted by Gasteiger charge is 2.22. The van der Waals surface area contributed by atoms with Gasteiger partial charge in [0.15, 0.2) is 0 Å². The number of fused-ring (bicyclic) bond motifs is 1. The van der Waals surface area contributed by atoms with Crippen LogP contribution in [0.5, 0.6) is 0 Å². The lowest BCUT2D eigenvalue weighted by Gasteiger charge is -2.20. The Morgan fingerprint density at radius 2 is 1.90 bits per heavy atom. The molecule has 1 aromatic heterocycles. The van der Waals surface area contributed by atoms with Crippen LogP contribution in [0.2, 0.25) is 0 Å². The van der Waals surface area contributed by atoms with Crippen LogP contribution in [-0.4, -0.2) is 15.6 Å². The monoisotopic (exact) mass is 285 g/mol. The molecule has 1 heterocycles. The van der Waals surface area contributed by atoms with Gasteiger partial charge >= 0.3 is 5.97 Å². The SMILES string of the molecule is Cc1cc(C)c2c(c1)c(=O)c(C(=O)O)cn2C1CCCC1. The molecule has 0 atom stereocenters. The fraction of sp³-hybridized carbons (Fsp3) is 0.412. The molecule has 0 bridgehead atoms. The van der Waals surface area contributed by atoms with E-state index in [2.05, 4.69) is 0 Å². The number of hydrogen-bond donors (Lipinski definition) is 1. The molecule has 0 aliphatic heterocycles. The van der Waals surface area contributed by atoms with Crippen LogP contribution >= 0.6 is 0 Å². The summed E-state index contributed by atoms with van der Waals surface area (Å²) in [6.07, 6.45) is 5.96. The van der Waals surface area contributed by atoms with Crippen molar-refractivity contribution in [2.75, 3.05) is 0 Å². The van der Waals surface area contributed by atoms with E-state index < -0.39 is 5.97 Å². The standard InChI is InChI=1S/C17H19NO3/c1-10-7-11(2)15-13(8-10)16(19)14(17(20)21)9-18(15)12-5-3-4-6-12/h7-9,12H,3-6H2,1-2H3,(H,20,21). The number of carboxylic acids is 1. The number of benzene rings is 1. The Morgan fingerprint density at radius 3 is 2.52 bits per heavy atom. The molecular formula is C17H19NO3. The van der Waals surface area contributed by atoms with Crippen LogP contribution in [0.25, 0.3) is 10.9 Å². The fourth-order valence-electron chi connectivity index (χ4n) is 3.51. The van der Waals surface area contributed by atoms with Crippen LogP contribution in [0.4, 0.5) is 0 Å². The Labute approximate surface area is 123 Å². The molecule has 1 saturated carbocycles. The normalized spacial score (nSPS) is 15.7. The maximum atomic E-state index is 12.4. The van der Waals surface area contributed by atoms with Crippen molar-refractivity contribution in [1.82, 2.24) is 4.57 Å². The number of rotatable bonds is 2. The first-order valence-electron chi connectivity index (χ1n) is 7.38. The first-order chi connectivity index (χ1) is 9.99. The van der Waals surface area contributed by atoms with Gasteiger partial charge in [0.25, 0.3) is 0 Å². The molecule has 1 fully saturated rings. The van der Waals surface area contributed by atoms with E-state index >= 15 is 0 Å². The summed E-state index contributed by atoms with van der Waals surface area (Å²) in [5.74, 6) is -1.15. The second-order valence-electron chi connectivity index (χ2n) is 6.00. The van der Waals surface area contributed by atoms with Gasteiger partial charge in [-0.1, -0.05) is 18.9 Å². The number of nitrogens with zero attached hydrogens (tertiary/aromatic N) is 1. The van der Waals surface area contributed by atoms with E-state index in [1.165, 1.54) is 0 Å². The second-order valence-corrected chi connectivity index (χ2v) is 6.00. The molecule has 4 nitrogen and oxygen atoms in total. The van der Waals surface area contributed by atoms with Crippen molar-refractivity contribution in [2.45, 2.75) is 45.6 Å². The number of aryl methyl sites for hydroxylation is 2. The van der Waals surface area contributed by atoms with Crippen molar-refractivity contribution in [2.24, 2.45) is 0 Å². The van der Waals surface area contributed by atoms with Crippen molar-refractivity contribution in [3.63, 3.8) is 0 Å². The van der Waals surface area contributed by atoms with E-state index in [0.717, 1.165) is 42.3 Å².